The molecule has 6 heteroatoms. The summed E-state index contributed by atoms with van der Waals surface area (Å²) in [7, 11) is 9.91. The van der Waals surface area contributed by atoms with Crippen LogP contribution >= 0.6 is 8.96 Å². The third-order valence-electron chi connectivity index (χ3n) is 1.70. The van der Waals surface area contributed by atoms with Gasteiger partial charge in [0.15, 0.2) is 15.8 Å². The number of hydrogen-bond donors (Lipinski definition) is 1. The van der Waals surface area contributed by atoms with Crippen LogP contribution in [0.4, 0.5) is 0 Å². The lowest BCUT2D eigenvalue weighted by atomic mass is 9.89. The average molecular weight is 207 g/mol. The third kappa shape index (κ3) is 4.75. The van der Waals surface area contributed by atoms with Crippen molar-refractivity contribution in [2.45, 2.75) is 19.4 Å². The highest BCUT2D eigenvalue weighted by Crippen LogP contribution is 2.18. The molecular formula is C8H12B2NO2P. The Morgan fingerprint density at radius 1 is 1.79 bits per heavy atom. The fourth-order valence-electron chi connectivity index (χ4n) is 0.980. The molecule has 0 aliphatic heterocycles. The Morgan fingerprint density at radius 2 is 2.36 bits per heavy atom. The SMILES string of the molecule is [B]C(=O)C(C/C(C)=C/C=C)N([B])PO. The van der Waals surface area contributed by atoms with Crippen molar-refractivity contribution < 1.29 is 9.69 Å². The molecule has 0 fully saturated rings. The van der Waals surface area contributed by atoms with E-state index >= 15 is 0 Å². The van der Waals surface area contributed by atoms with Crippen LogP contribution in [-0.2, 0) is 4.79 Å². The van der Waals surface area contributed by atoms with E-state index in [2.05, 4.69) is 6.58 Å². The quantitative estimate of drug-likeness (QED) is 0.390. The lowest BCUT2D eigenvalue weighted by molar-refractivity contribution is -0.114. The van der Waals surface area contributed by atoms with Gasteiger partial charge in [-0.15, -0.1) is 0 Å². The van der Waals surface area contributed by atoms with Gasteiger partial charge in [-0.05, 0) is 13.3 Å². The Kier molecular flexibility index (Phi) is 6.81. The fourth-order valence-corrected chi connectivity index (χ4v) is 1.34. The molecule has 2 atom stereocenters. The monoisotopic (exact) mass is 207 g/mol. The average Bonchev–Trinajstić information content (AvgIpc) is 2.13. The highest BCUT2D eigenvalue weighted by molar-refractivity contribution is 7.30. The maximum Gasteiger partial charge on any atom is 0.192 e. The first-order valence-electron chi connectivity index (χ1n) is 4.04. The summed E-state index contributed by atoms with van der Waals surface area (Å²) in [6.07, 6.45) is 3.78. The second-order valence-electron chi connectivity index (χ2n) is 2.88. The minimum atomic E-state index is -0.672. The van der Waals surface area contributed by atoms with E-state index in [1.165, 1.54) is 0 Å². The van der Waals surface area contributed by atoms with Crippen molar-refractivity contribution in [1.82, 2.24) is 4.58 Å². The van der Waals surface area contributed by atoms with Gasteiger partial charge < -0.3 is 14.3 Å². The predicted octanol–water partition coefficient (Wildman–Crippen LogP) is 0.459. The van der Waals surface area contributed by atoms with Crippen LogP contribution in [0.15, 0.2) is 24.3 Å². The van der Waals surface area contributed by atoms with Crippen LogP contribution in [0.2, 0.25) is 0 Å². The summed E-state index contributed by atoms with van der Waals surface area (Å²) in [6, 6.07) is -0.672. The number of hydrogen-bond acceptors (Lipinski definition) is 3. The minimum Gasteiger partial charge on any atom is -0.362 e. The van der Waals surface area contributed by atoms with E-state index in [9.17, 15) is 4.79 Å². The molecule has 0 aromatic heterocycles. The highest BCUT2D eigenvalue weighted by Gasteiger charge is 2.17. The molecule has 4 radical (unpaired) electrons. The summed E-state index contributed by atoms with van der Waals surface area (Å²) in [6.45, 7) is 5.37. The topological polar surface area (TPSA) is 40.5 Å². The van der Waals surface area contributed by atoms with Crippen molar-refractivity contribution in [3.8, 4) is 0 Å². The van der Waals surface area contributed by atoms with E-state index in [0.29, 0.717) is 6.42 Å². The molecular weight excluding hydrogens is 195 g/mol. The van der Waals surface area contributed by atoms with Gasteiger partial charge in [-0.2, -0.15) is 0 Å². The Labute approximate surface area is 89.0 Å². The molecule has 0 aromatic carbocycles. The molecule has 72 valence electrons. The summed E-state index contributed by atoms with van der Waals surface area (Å²) >= 11 is 0. The zero-order chi connectivity index (χ0) is 11.1. The first-order valence-corrected chi connectivity index (χ1v) is 4.93. The van der Waals surface area contributed by atoms with Crippen LogP contribution in [0, 0.1) is 0 Å². The highest BCUT2D eigenvalue weighted by atomic mass is 31.1. The lowest BCUT2D eigenvalue weighted by Gasteiger charge is -2.24. The van der Waals surface area contributed by atoms with E-state index in [1.54, 1.807) is 12.2 Å². The molecule has 0 aliphatic rings. The molecule has 0 spiro atoms. The number of carbonyl (C=O) groups is 1. The summed E-state index contributed by atoms with van der Waals surface area (Å²) in [5, 5.41) is 0. The molecule has 0 amide bonds. The van der Waals surface area contributed by atoms with Gasteiger partial charge in [-0.25, -0.2) is 0 Å². The van der Waals surface area contributed by atoms with E-state index < -0.39 is 20.7 Å². The van der Waals surface area contributed by atoms with Gasteiger partial charge in [-0.3, -0.25) is 0 Å². The molecule has 0 rings (SSSR count). The molecule has 0 aromatic rings. The fraction of sp³-hybridized carbons (Fsp3) is 0.375. The third-order valence-corrected chi connectivity index (χ3v) is 2.24. The Bertz CT molecular complexity index is 245. The number of nitrogens with zero attached hydrogens (tertiary/aromatic N) is 1. The van der Waals surface area contributed by atoms with Crippen molar-refractivity contribution in [3.63, 3.8) is 0 Å². The second-order valence-corrected chi connectivity index (χ2v) is 3.59. The molecule has 2 unspecified atom stereocenters. The molecule has 0 aliphatic carbocycles. The van der Waals surface area contributed by atoms with E-state index in [-0.39, 0.29) is 0 Å². The Morgan fingerprint density at radius 3 is 2.71 bits per heavy atom. The van der Waals surface area contributed by atoms with E-state index in [1.807, 2.05) is 6.92 Å². The minimum absolute atomic E-state index is 0.394. The summed E-state index contributed by atoms with van der Waals surface area (Å²) in [4.78, 5) is 19.8. The van der Waals surface area contributed by atoms with Crippen LogP contribution < -0.4 is 0 Å². The van der Waals surface area contributed by atoms with Gasteiger partial charge in [0.1, 0.15) is 0 Å². The molecule has 0 bridgehead atoms. The standard InChI is InChI=1S/C8H12B2NO2P/c1-3-4-6(2)5-7(8(9)12)11(10)14-13/h3-4,7,13-14H,1,5H2,2H3/b6-4+. The normalized spacial score (nSPS) is 14.9. The van der Waals surface area contributed by atoms with Gasteiger partial charge in [0, 0.05) is 0 Å². The number of rotatable bonds is 6. The van der Waals surface area contributed by atoms with Gasteiger partial charge in [0.2, 0.25) is 0 Å². The maximum atomic E-state index is 11.0. The second kappa shape index (κ2) is 6.99. The largest absolute Gasteiger partial charge is 0.362 e. The smallest absolute Gasteiger partial charge is 0.192 e. The van der Waals surface area contributed by atoms with Gasteiger partial charge in [0.25, 0.3) is 0 Å². The van der Waals surface area contributed by atoms with Crippen LogP contribution in [0.3, 0.4) is 0 Å². The zero-order valence-corrected chi connectivity index (χ0v) is 9.10. The predicted molar refractivity (Wildman–Crippen MR) is 61.2 cm³/mol. The maximum absolute atomic E-state index is 11.0. The van der Waals surface area contributed by atoms with Crippen molar-refractivity contribution in [2.24, 2.45) is 0 Å². The van der Waals surface area contributed by atoms with Crippen molar-refractivity contribution in [2.75, 3.05) is 0 Å². The summed E-state index contributed by atoms with van der Waals surface area (Å²) in [5.41, 5.74) is 0.378. The van der Waals surface area contributed by atoms with Crippen LogP contribution in [0.25, 0.3) is 0 Å². The van der Waals surface area contributed by atoms with Crippen molar-refractivity contribution in [3.05, 3.63) is 24.3 Å². The van der Waals surface area contributed by atoms with Gasteiger partial charge in [0.05, 0.1) is 20.7 Å². The van der Waals surface area contributed by atoms with Crippen molar-refractivity contribution in [1.29, 1.82) is 0 Å². The molecule has 0 saturated carbocycles. The van der Waals surface area contributed by atoms with Gasteiger partial charge in [-0.1, -0.05) is 24.3 Å². The van der Waals surface area contributed by atoms with Crippen LogP contribution in [0.1, 0.15) is 13.3 Å². The van der Waals surface area contributed by atoms with E-state index in [0.717, 1.165) is 10.2 Å². The van der Waals surface area contributed by atoms with Crippen molar-refractivity contribution >= 4 is 30.5 Å². The number of allylic oxidation sites excluding steroid dienone is 2. The lowest BCUT2D eigenvalue weighted by Crippen LogP contribution is -2.34. The Balaban J connectivity index is 4.45. The van der Waals surface area contributed by atoms with Gasteiger partial charge >= 0.3 is 0 Å². The first kappa shape index (κ1) is 13.6. The molecule has 0 saturated heterocycles. The molecule has 1 N–H and O–H groups in total. The molecule has 3 nitrogen and oxygen atoms in total. The van der Waals surface area contributed by atoms with Crippen LogP contribution in [-0.4, -0.2) is 37.0 Å². The summed E-state index contributed by atoms with van der Waals surface area (Å²) in [5.74, 6) is 0. The zero-order valence-electron chi connectivity index (χ0n) is 8.10. The Hall–Kier alpha value is -0.370. The summed E-state index contributed by atoms with van der Waals surface area (Å²) < 4.78 is 1.03. The number of carbonyl (C=O) groups excluding carboxylic acids is 1. The van der Waals surface area contributed by atoms with Crippen LogP contribution in [0.5, 0.6) is 0 Å². The first-order chi connectivity index (χ1) is 6.52. The molecule has 14 heavy (non-hydrogen) atoms. The molecule has 0 heterocycles. The van der Waals surface area contributed by atoms with E-state index in [4.69, 9.17) is 20.7 Å².